The first-order valence-electron chi connectivity index (χ1n) is 7.90. The highest BCUT2D eigenvalue weighted by Crippen LogP contribution is 2.41. The Balaban J connectivity index is 2.53. The number of aromatic hydroxyl groups is 1. The van der Waals surface area contributed by atoms with Crippen molar-refractivity contribution in [3.05, 3.63) is 29.6 Å². The molecule has 5 nitrogen and oxygen atoms in total. The summed E-state index contributed by atoms with van der Waals surface area (Å²) < 4.78 is 0. The van der Waals surface area contributed by atoms with E-state index < -0.39 is 0 Å². The van der Waals surface area contributed by atoms with Gasteiger partial charge in [-0.15, -0.1) is 0 Å². The molecule has 2 aromatic rings. The largest absolute Gasteiger partial charge is 0.507 e. The molecule has 130 valence electrons. The molecule has 0 unspecified atom stereocenters. The van der Waals surface area contributed by atoms with Gasteiger partial charge in [0.2, 0.25) is 5.95 Å². The highest BCUT2D eigenvalue weighted by molar-refractivity contribution is 7.98. The maximum atomic E-state index is 10.8. The number of nitrogens with zero attached hydrogens (tertiary/aromatic N) is 3. The molecule has 0 saturated carbocycles. The van der Waals surface area contributed by atoms with Gasteiger partial charge in [-0.3, -0.25) is 0 Å². The summed E-state index contributed by atoms with van der Waals surface area (Å²) in [7, 11) is 0. The number of aromatic nitrogens is 3. The van der Waals surface area contributed by atoms with Crippen LogP contribution in [-0.2, 0) is 10.8 Å². The van der Waals surface area contributed by atoms with Crippen LogP contribution in [0.5, 0.6) is 5.75 Å². The van der Waals surface area contributed by atoms with Crippen LogP contribution in [-0.4, -0.2) is 26.3 Å². The summed E-state index contributed by atoms with van der Waals surface area (Å²) in [4.78, 5) is 12.6. The molecule has 0 aliphatic carbocycles. The van der Waals surface area contributed by atoms with Gasteiger partial charge < -0.3 is 10.4 Å². The number of hydrogen-bond acceptors (Lipinski definition) is 6. The number of thioether (sulfide) groups is 1. The number of nitrogens with one attached hydrogen (secondary N) is 1. The molecular formula is C18H26N4OS. The fraction of sp³-hybridized carbons (Fsp3) is 0.500. The standard InChI is InChI=1S/C18H26N4OS/c1-17(2,3)12-8-11(9-13(14(12)23)18(4,5)6)21-15-19-10-20-16(22-15)24-7/h8-10,23H,1-7H3,(H,19,20,21,22). The topological polar surface area (TPSA) is 70.9 Å². The minimum atomic E-state index is -0.175. The van der Waals surface area contributed by atoms with Crippen LogP contribution in [0.2, 0.25) is 0 Å². The monoisotopic (exact) mass is 346 g/mol. The van der Waals surface area contributed by atoms with Crippen molar-refractivity contribution in [1.29, 1.82) is 0 Å². The maximum Gasteiger partial charge on any atom is 0.231 e. The number of rotatable bonds is 3. The Morgan fingerprint density at radius 1 is 0.958 bits per heavy atom. The van der Waals surface area contributed by atoms with E-state index in [0.717, 1.165) is 16.8 Å². The Bertz CT molecular complexity index is 698. The molecule has 1 aromatic heterocycles. The van der Waals surface area contributed by atoms with E-state index in [4.69, 9.17) is 0 Å². The van der Waals surface area contributed by atoms with Crippen molar-refractivity contribution in [2.45, 2.75) is 57.5 Å². The minimum absolute atomic E-state index is 0.175. The van der Waals surface area contributed by atoms with Crippen molar-refractivity contribution in [3.8, 4) is 5.75 Å². The summed E-state index contributed by atoms with van der Waals surface area (Å²) in [5, 5.41) is 14.7. The van der Waals surface area contributed by atoms with E-state index in [1.165, 1.54) is 18.1 Å². The summed E-state index contributed by atoms with van der Waals surface area (Å²) in [5.74, 6) is 0.862. The lowest BCUT2D eigenvalue weighted by Gasteiger charge is -2.28. The lowest BCUT2D eigenvalue weighted by atomic mass is 9.79. The van der Waals surface area contributed by atoms with Crippen LogP contribution >= 0.6 is 11.8 Å². The van der Waals surface area contributed by atoms with Crippen molar-refractivity contribution in [2.24, 2.45) is 0 Å². The van der Waals surface area contributed by atoms with Crippen LogP contribution in [0, 0.1) is 0 Å². The summed E-state index contributed by atoms with van der Waals surface area (Å²) >= 11 is 1.47. The first kappa shape index (κ1) is 18.5. The quantitative estimate of drug-likeness (QED) is 0.623. The summed E-state index contributed by atoms with van der Waals surface area (Å²) in [5.41, 5.74) is 2.31. The van der Waals surface area contributed by atoms with Crippen LogP contribution in [0.4, 0.5) is 11.6 Å². The number of anilines is 2. The molecule has 6 heteroatoms. The second kappa shape index (κ2) is 6.59. The molecule has 1 aromatic carbocycles. The van der Waals surface area contributed by atoms with Gasteiger partial charge in [-0.25, -0.2) is 9.97 Å². The molecule has 24 heavy (non-hydrogen) atoms. The Kier molecular flexibility index (Phi) is 5.08. The van der Waals surface area contributed by atoms with Gasteiger partial charge in [-0.2, -0.15) is 4.98 Å². The highest BCUT2D eigenvalue weighted by atomic mass is 32.2. The summed E-state index contributed by atoms with van der Waals surface area (Å²) in [6.45, 7) is 12.5. The number of phenols is 1. The van der Waals surface area contributed by atoms with Gasteiger partial charge in [0.05, 0.1) is 0 Å². The van der Waals surface area contributed by atoms with Gasteiger partial charge in [0.25, 0.3) is 0 Å². The maximum absolute atomic E-state index is 10.8. The fourth-order valence-corrected chi connectivity index (χ4v) is 2.75. The van der Waals surface area contributed by atoms with Crippen molar-refractivity contribution in [2.75, 3.05) is 11.6 Å². The zero-order valence-electron chi connectivity index (χ0n) is 15.4. The molecular weight excluding hydrogens is 320 g/mol. The lowest BCUT2D eigenvalue weighted by molar-refractivity contribution is 0.423. The molecule has 0 spiro atoms. The molecule has 0 amide bonds. The smallest absolute Gasteiger partial charge is 0.231 e. The van der Waals surface area contributed by atoms with Gasteiger partial charge in [0.15, 0.2) is 5.16 Å². The Morgan fingerprint density at radius 2 is 1.50 bits per heavy atom. The second-order valence-corrected chi connectivity index (χ2v) is 8.61. The van der Waals surface area contributed by atoms with Crippen LogP contribution < -0.4 is 5.32 Å². The number of hydrogen-bond donors (Lipinski definition) is 2. The Hall–Kier alpha value is -1.82. The predicted molar refractivity (Wildman–Crippen MR) is 100 cm³/mol. The third-order valence-electron chi connectivity index (χ3n) is 3.71. The SMILES string of the molecule is CSc1ncnc(Nc2cc(C(C)(C)C)c(O)c(C(C)(C)C)c2)n1. The number of phenolic OH excluding ortho intramolecular Hbond substituents is 1. The Labute approximate surface area is 148 Å². The fourth-order valence-electron chi connectivity index (χ4n) is 2.42. The summed E-state index contributed by atoms with van der Waals surface area (Å²) in [6, 6.07) is 3.93. The molecule has 2 N–H and O–H groups in total. The highest BCUT2D eigenvalue weighted by Gasteiger charge is 2.26. The van der Waals surface area contributed by atoms with Crippen molar-refractivity contribution in [1.82, 2.24) is 15.0 Å². The van der Waals surface area contributed by atoms with E-state index >= 15 is 0 Å². The predicted octanol–water partition coefficient (Wildman–Crippen LogP) is 4.64. The molecule has 1 heterocycles. The van der Waals surface area contributed by atoms with Crippen LogP contribution in [0.25, 0.3) is 0 Å². The zero-order chi connectivity index (χ0) is 18.1. The third kappa shape index (κ3) is 4.17. The minimum Gasteiger partial charge on any atom is -0.507 e. The van der Waals surface area contributed by atoms with Crippen LogP contribution in [0.15, 0.2) is 23.6 Å². The first-order chi connectivity index (χ1) is 11.0. The van der Waals surface area contributed by atoms with Gasteiger partial charge in [0, 0.05) is 16.8 Å². The van der Waals surface area contributed by atoms with Crippen LogP contribution in [0.3, 0.4) is 0 Å². The summed E-state index contributed by atoms with van der Waals surface area (Å²) in [6.07, 6.45) is 3.42. The third-order valence-corrected chi connectivity index (χ3v) is 4.28. The van der Waals surface area contributed by atoms with Gasteiger partial charge in [-0.05, 0) is 29.2 Å². The molecule has 0 aliphatic rings. The van der Waals surface area contributed by atoms with Gasteiger partial charge >= 0.3 is 0 Å². The molecule has 0 atom stereocenters. The van der Waals surface area contributed by atoms with Crippen molar-refractivity contribution >= 4 is 23.4 Å². The molecule has 0 fully saturated rings. The molecule has 0 bridgehead atoms. The van der Waals surface area contributed by atoms with Gasteiger partial charge in [-0.1, -0.05) is 53.3 Å². The van der Waals surface area contributed by atoms with Crippen LogP contribution in [0.1, 0.15) is 52.7 Å². The molecule has 0 radical (unpaired) electrons. The van der Waals surface area contributed by atoms with Crippen molar-refractivity contribution in [3.63, 3.8) is 0 Å². The second-order valence-electron chi connectivity index (χ2n) is 7.84. The Morgan fingerprint density at radius 3 is 1.96 bits per heavy atom. The van der Waals surface area contributed by atoms with E-state index in [1.807, 2.05) is 18.4 Å². The van der Waals surface area contributed by atoms with Crippen molar-refractivity contribution < 1.29 is 5.11 Å². The average molecular weight is 347 g/mol. The van der Waals surface area contributed by atoms with E-state index in [1.54, 1.807) is 0 Å². The molecule has 0 saturated heterocycles. The van der Waals surface area contributed by atoms with E-state index in [2.05, 4.69) is 61.8 Å². The zero-order valence-corrected chi connectivity index (χ0v) is 16.2. The van der Waals surface area contributed by atoms with E-state index in [9.17, 15) is 5.11 Å². The normalized spacial score (nSPS) is 12.3. The van der Waals surface area contributed by atoms with E-state index in [0.29, 0.717) is 16.9 Å². The van der Waals surface area contributed by atoms with E-state index in [-0.39, 0.29) is 10.8 Å². The molecule has 2 rings (SSSR count). The first-order valence-corrected chi connectivity index (χ1v) is 9.13. The molecule has 0 aliphatic heterocycles. The number of benzene rings is 1. The van der Waals surface area contributed by atoms with Gasteiger partial charge in [0.1, 0.15) is 12.1 Å². The lowest BCUT2D eigenvalue weighted by Crippen LogP contribution is -2.17. The average Bonchev–Trinajstić information content (AvgIpc) is 2.46.